The van der Waals surface area contributed by atoms with Gasteiger partial charge in [-0.05, 0) is 47.0 Å². The lowest BCUT2D eigenvalue weighted by atomic mass is 10.00. The van der Waals surface area contributed by atoms with Gasteiger partial charge < -0.3 is 9.13 Å². The molecular weight excluding hydrogens is 389 g/mol. The van der Waals surface area contributed by atoms with Crippen LogP contribution in [0.15, 0.2) is 92.2 Å². The average molecular weight is 408 g/mol. The summed E-state index contributed by atoms with van der Waals surface area (Å²) in [7, 11) is 0. The molecule has 0 aliphatic rings. The van der Waals surface area contributed by atoms with Gasteiger partial charge in [-0.3, -0.25) is 0 Å². The number of hydrogen-bond donors (Lipinski definition) is 0. The molecule has 5 heteroatoms. The Morgan fingerprint density at radius 1 is 0.964 bits per heavy atom. The van der Waals surface area contributed by atoms with E-state index in [1.807, 2.05) is 55.0 Å². The minimum absolute atomic E-state index is 0.00289. The smallest absolute Gasteiger partial charge is 0.0954 e. The number of rotatable bonds is 6. The van der Waals surface area contributed by atoms with E-state index in [0.29, 0.717) is 0 Å². The van der Waals surface area contributed by atoms with E-state index < -0.39 is 0 Å². The molecule has 0 bridgehead atoms. The second-order valence-electron chi connectivity index (χ2n) is 6.57. The fraction of sp³-hybridized carbons (Fsp3) is 0.0870. The van der Waals surface area contributed by atoms with Gasteiger partial charge in [0.1, 0.15) is 0 Å². The summed E-state index contributed by atoms with van der Waals surface area (Å²) in [5.41, 5.74) is 4.52. The number of halogens is 2. The predicted molar refractivity (Wildman–Crippen MR) is 116 cm³/mol. The number of imidazole rings is 1. The lowest BCUT2D eigenvalue weighted by molar-refractivity contribution is 0.673. The molecular formula is C23H19Cl2N3. The summed E-state index contributed by atoms with van der Waals surface area (Å²) in [4.78, 5) is 4.24. The molecule has 0 N–H and O–H groups in total. The van der Waals surface area contributed by atoms with Crippen molar-refractivity contribution >= 4 is 23.2 Å². The number of aromatic nitrogens is 3. The highest BCUT2D eigenvalue weighted by molar-refractivity contribution is 6.30. The normalized spacial score (nSPS) is 12.1. The van der Waals surface area contributed by atoms with E-state index >= 15 is 0 Å². The summed E-state index contributed by atoms with van der Waals surface area (Å²) in [5.74, 6) is 0. The van der Waals surface area contributed by atoms with Crippen LogP contribution >= 0.6 is 23.2 Å². The van der Waals surface area contributed by atoms with E-state index in [4.69, 9.17) is 23.2 Å². The summed E-state index contributed by atoms with van der Waals surface area (Å²) in [6, 6.07) is 18.1. The SMILES string of the molecule is C=CCn1cc(C(c2ccc(Cl)cc2)n2ccnc2)cc1-c1ccc(Cl)cc1. The summed E-state index contributed by atoms with van der Waals surface area (Å²) in [6.45, 7) is 4.62. The van der Waals surface area contributed by atoms with Crippen LogP contribution in [0.3, 0.4) is 0 Å². The first kappa shape index (κ1) is 18.6. The molecule has 2 aromatic heterocycles. The van der Waals surface area contributed by atoms with Gasteiger partial charge in [0.15, 0.2) is 0 Å². The van der Waals surface area contributed by atoms with Gasteiger partial charge in [0.25, 0.3) is 0 Å². The van der Waals surface area contributed by atoms with E-state index in [1.54, 1.807) is 6.20 Å². The molecule has 0 aliphatic carbocycles. The predicted octanol–water partition coefficient (Wildman–Crippen LogP) is 6.48. The fourth-order valence-corrected chi connectivity index (χ4v) is 3.69. The van der Waals surface area contributed by atoms with Crippen molar-refractivity contribution in [3.8, 4) is 11.3 Å². The third-order valence-electron chi connectivity index (χ3n) is 4.71. The molecule has 4 rings (SSSR count). The van der Waals surface area contributed by atoms with E-state index in [1.165, 1.54) is 0 Å². The lowest BCUT2D eigenvalue weighted by Gasteiger charge is -2.18. The topological polar surface area (TPSA) is 22.8 Å². The minimum Gasteiger partial charge on any atom is -0.343 e. The first-order chi connectivity index (χ1) is 13.7. The third-order valence-corrected chi connectivity index (χ3v) is 5.21. The van der Waals surface area contributed by atoms with E-state index in [2.05, 4.69) is 45.1 Å². The van der Waals surface area contributed by atoms with Crippen LogP contribution in [-0.4, -0.2) is 14.1 Å². The third kappa shape index (κ3) is 3.77. The van der Waals surface area contributed by atoms with Gasteiger partial charge in [0.2, 0.25) is 0 Å². The zero-order valence-electron chi connectivity index (χ0n) is 15.2. The summed E-state index contributed by atoms with van der Waals surface area (Å²) in [5, 5.41) is 1.45. The molecule has 0 saturated heterocycles. The highest BCUT2D eigenvalue weighted by Gasteiger charge is 2.19. The Bertz CT molecular complexity index is 1060. The molecule has 0 aliphatic heterocycles. The molecule has 140 valence electrons. The molecule has 4 aromatic rings. The Labute approximate surface area is 174 Å². The van der Waals surface area contributed by atoms with Crippen molar-refractivity contribution in [2.45, 2.75) is 12.6 Å². The van der Waals surface area contributed by atoms with Crippen LogP contribution in [0.4, 0.5) is 0 Å². The van der Waals surface area contributed by atoms with Crippen LogP contribution in [0.5, 0.6) is 0 Å². The summed E-state index contributed by atoms with van der Waals surface area (Å²) in [6.07, 6.45) is 9.69. The maximum Gasteiger partial charge on any atom is 0.0954 e. The van der Waals surface area contributed by atoms with Crippen LogP contribution in [0.25, 0.3) is 11.3 Å². The molecule has 2 heterocycles. The highest BCUT2D eigenvalue weighted by Crippen LogP contribution is 2.32. The second kappa shape index (κ2) is 8.09. The zero-order valence-corrected chi connectivity index (χ0v) is 16.7. The number of nitrogens with zero attached hydrogens (tertiary/aromatic N) is 3. The van der Waals surface area contributed by atoms with Gasteiger partial charge in [-0.2, -0.15) is 0 Å². The quantitative estimate of drug-likeness (QED) is 0.335. The molecule has 1 unspecified atom stereocenters. The number of allylic oxidation sites excluding steroid dienone is 1. The molecule has 0 fully saturated rings. The standard InChI is InChI=1S/C23H19Cl2N3/c1-2-12-27-15-19(14-22(27)17-3-7-20(24)8-4-17)23(28-13-11-26-16-28)18-5-9-21(25)10-6-18/h2-11,13-16,23H,1,12H2. The van der Waals surface area contributed by atoms with Crippen molar-refractivity contribution in [2.75, 3.05) is 0 Å². The second-order valence-corrected chi connectivity index (χ2v) is 7.44. The van der Waals surface area contributed by atoms with Crippen LogP contribution in [0, 0.1) is 0 Å². The molecule has 0 radical (unpaired) electrons. The van der Waals surface area contributed by atoms with Crippen molar-refractivity contribution in [1.82, 2.24) is 14.1 Å². The average Bonchev–Trinajstić information content (AvgIpc) is 3.36. The van der Waals surface area contributed by atoms with Gasteiger partial charge in [-0.1, -0.05) is 53.5 Å². The van der Waals surface area contributed by atoms with Crippen molar-refractivity contribution in [3.63, 3.8) is 0 Å². The largest absolute Gasteiger partial charge is 0.343 e. The maximum atomic E-state index is 6.11. The fourth-order valence-electron chi connectivity index (χ4n) is 3.44. The van der Waals surface area contributed by atoms with Crippen LogP contribution < -0.4 is 0 Å². The zero-order chi connectivity index (χ0) is 19.5. The van der Waals surface area contributed by atoms with Gasteiger partial charge in [0, 0.05) is 40.9 Å². The van der Waals surface area contributed by atoms with E-state index in [9.17, 15) is 0 Å². The maximum absolute atomic E-state index is 6.11. The summed E-state index contributed by atoms with van der Waals surface area (Å²) >= 11 is 12.2. The first-order valence-corrected chi connectivity index (χ1v) is 9.71. The van der Waals surface area contributed by atoms with Gasteiger partial charge >= 0.3 is 0 Å². The Morgan fingerprint density at radius 2 is 1.64 bits per heavy atom. The molecule has 2 aromatic carbocycles. The van der Waals surface area contributed by atoms with Crippen molar-refractivity contribution in [3.05, 3.63) is 113 Å². The Hall–Kier alpha value is -2.75. The Morgan fingerprint density at radius 3 is 2.25 bits per heavy atom. The van der Waals surface area contributed by atoms with E-state index in [0.717, 1.165) is 39.0 Å². The monoisotopic (exact) mass is 407 g/mol. The van der Waals surface area contributed by atoms with Crippen molar-refractivity contribution < 1.29 is 0 Å². The molecule has 3 nitrogen and oxygen atoms in total. The van der Waals surface area contributed by atoms with Crippen LogP contribution in [0.1, 0.15) is 17.2 Å². The molecule has 1 atom stereocenters. The van der Waals surface area contributed by atoms with Gasteiger partial charge in [0.05, 0.1) is 12.4 Å². The van der Waals surface area contributed by atoms with Crippen molar-refractivity contribution in [1.29, 1.82) is 0 Å². The van der Waals surface area contributed by atoms with Crippen molar-refractivity contribution in [2.24, 2.45) is 0 Å². The Balaban J connectivity index is 1.84. The lowest BCUT2D eigenvalue weighted by Crippen LogP contribution is -2.10. The van der Waals surface area contributed by atoms with E-state index in [-0.39, 0.29) is 6.04 Å². The molecule has 0 saturated carbocycles. The van der Waals surface area contributed by atoms with Crippen LogP contribution in [0.2, 0.25) is 10.0 Å². The summed E-state index contributed by atoms with van der Waals surface area (Å²) < 4.78 is 4.30. The van der Waals surface area contributed by atoms with Crippen LogP contribution in [-0.2, 0) is 6.54 Å². The number of hydrogen-bond acceptors (Lipinski definition) is 1. The highest BCUT2D eigenvalue weighted by atomic mass is 35.5. The minimum atomic E-state index is -0.00289. The van der Waals surface area contributed by atoms with Gasteiger partial charge in [-0.15, -0.1) is 6.58 Å². The van der Waals surface area contributed by atoms with Gasteiger partial charge in [-0.25, -0.2) is 4.98 Å². The first-order valence-electron chi connectivity index (χ1n) is 8.95. The molecule has 0 amide bonds. The molecule has 0 spiro atoms. The Kier molecular flexibility index (Phi) is 5.38. The molecule has 28 heavy (non-hydrogen) atoms. The number of benzene rings is 2.